The fourth-order valence-electron chi connectivity index (χ4n) is 2.76. The Morgan fingerprint density at radius 1 is 1.58 bits per heavy atom. The van der Waals surface area contributed by atoms with Gasteiger partial charge in [-0.3, -0.25) is 9.89 Å². The molecule has 104 valence electrons. The van der Waals surface area contributed by atoms with Crippen molar-refractivity contribution in [3.05, 3.63) is 11.8 Å². The maximum Gasteiger partial charge on any atom is 0.229 e. The van der Waals surface area contributed by atoms with E-state index in [0.717, 1.165) is 19.3 Å². The Hall–Kier alpha value is -1.43. The number of carbonyl (C=O) groups excluding carboxylic acids is 1. The Labute approximate surface area is 118 Å². The summed E-state index contributed by atoms with van der Waals surface area (Å²) in [5.74, 6) is 0.536. The molecular formula is C13H20N4OS. The van der Waals surface area contributed by atoms with E-state index in [2.05, 4.69) is 29.4 Å². The van der Waals surface area contributed by atoms with E-state index in [9.17, 15) is 4.79 Å². The van der Waals surface area contributed by atoms with E-state index in [1.807, 2.05) is 0 Å². The van der Waals surface area contributed by atoms with Gasteiger partial charge in [0, 0.05) is 5.92 Å². The van der Waals surface area contributed by atoms with E-state index < -0.39 is 0 Å². The fourth-order valence-corrected chi connectivity index (χ4v) is 2.91. The van der Waals surface area contributed by atoms with Crippen LogP contribution in [0.5, 0.6) is 0 Å². The van der Waals surface area contributed by atoms with Crippen LogP contribution in [0.15, 0.2) is 6.20 Å². The topological polar surface area (TPSA) is 83.8 Å². The van der Waals surface area contributed by atoms with E-state index in [4.69, 9.17) is 18.0 Å². The summed E-state index contributed by atoms with van der Waals surface area (Å²) in [6.07, 6.45) is 5.83. The van der Waals surface area contributed by atoms with Crippen LogP contribution < -0.4 is 11.1 Å². The molecule has 4 N–H and O–H groups in total. The van der Waals surface area contributed by atoms with Gasteiger partial charge in [0.2, 0.25) is 5.91 Å². The van der Waals surface area contributed by atoms with E-state index >= 15 is 0 Å². The van der Waals surface area contributed by atoms with Crippen LogP contribution in [0.3, 0.4) is 0 Å². The Kier molecular flexibility index (Phi) is 3.89. The van der Waals surface area contributed by atoms with E-state index in [1.165, 1.54) is 12.6 Å². The van der Waals surface area contributed by atoms with Crippen molar-refractivity contribution in [3.8, 4) is 0 Å². The van der Waals surface area contributed by atoms with Crippen LogP contribution in [-0.2, 0) is 4.79 Å². The van der Waals surface area contributed by atoms with Gasteiger partial charge in [-0.2, -0.15) is 5.10 Å². The fraction of sp³-hybridized carbons (Fsp3) is 0.615. The molecule has 0 aliphatic heterocycles. The van der Waals surface area contributed by atoms with Crippen LogP contribution in [0, 0.1) is 11.3 Å². The number of aromatic nitrogens is 2. The molecule has 1 fully saturated rings. The monoisotopic (exact) mass is 280 g/mol. The molecule has 1 aliphatic carbocycles. The number of amides is 1. The Balaban J connectivity index is 2.12. The first kappa shape index (κ1) is 14.0. The van der Waals surface area contributed by atoms with Gasteiger partial charge < -0.3 is 11.1 Å². The smallest absolute Gasteiger partial charge is 0.229 e. The minimum atomic E-state index is 0.0174. The molecule has 1 aromatic rings. The molecule has 1 heterocycles. The van der Waals surface area contributed by atoms with Gasteiger partial charge in [0.25, 0.3) is 0 Å². The second-order valence-electron chi connectivity index (χ2n) is 5.80. The zero-order valence-electron chi connectivity index (χ0n) is 11.3. The Morgan fingerprint density at radius 3 is 2.95 bits per heavy atom. The van der Waals surface area contributed by atoms with Crippen LogP contribution in [0.2, 0.25) is 0 Å². The zero-order valence-corrected chi connectivity index (χ0v) is 12.1. The number of anilines is 1. The van der Waals surface area contributed by atoms with Crippen LogP contribution in [-0.4, -0.2) is 21.1 Å². The lowest BCUT2D eigenvalue weighted by molar-refractivity contribution is -0.124. The van der Waals surface area contributed by atoms with Crippen LogP contribution in [0.25, 0.3) is 0 Å². The number of aromatic amines is 1. The quantitative estimate of drug-likeness (QED) is 0.741. The van der Waals surface area contributed by atoms with Crippen LogP contribution >= 0.6 is 12.2 Å². The van der Waals surface area contributed by atoms with Gasteiger partial charge in [0.05, 0.1) is 11.8 Å². The van der Waals surface area contributed by atoms with Gasteiger partial charge in [-0.05, 0) is 18.3 Å². The highest BCUT2D eigenvalue weighted by atomic mass is 32.1. The molecule has 1 unspecified atom stereocenters. The molecule has 1 aromatic heterocycles. The molecule has 6 heteroatoms. The van der Waals surface area contributed by atoms with E-state index in [0.29, 0.717) is 11.4 Å². The number of nitrogens with two attached hydrogens (primary N) is 1. The molecule has 0 radical (unpaired) electrons. The predicted octanol–water partition coefficient (Wildman–Crippen LogP) is 2.20. The van der Waals surface area contributed by atoms with Crippen molar-refractivity contribution >= 4 is 28.9 Å². The van der Waals surface area contributed by atoms with Gasteiger partial charge in [-0.1, -0.05) is 38.9 Å². The number of hydrogen-bond donors (Lipinski definition) is 3. The molecule has 1 amide bonds. The van der Waals surface area contributed by atoms with Crippen molar-refractivity contribution in [2.24, 2.45) is 17.1 Å². The second kappa shape index (κ2) is 5.28. The summed E-state index contributed by atoms with van der Waals surface area (Å²) in [6, 6.07) is 0. The van der Waals surface area contributed by atoms with Crippen LogP contribution in [0.1, 0.15) is 45.1 Å². The summed E-state index contributed by atoms with van der Waals surface area (Å²) in [7, 11) is 0. The Bertz CT molecular complexity index is 495. The molecule has 0 bridgehead atoms. The summed E-state index contributed by atoms with van der Waals surface area (Å²) in [4.78, 5) is 12.6. The highest BCUT2D eigenvalue weighted by Gasteiger charge is 2.37. The summed E-state index contributed by atoms with van der Waals surface area (Å²) in [5.41, 5.74) is 6.20. The van der Waals surface area contributed by atoms with Crippen molar-refractivity contribution in [2.75, 3.05) is 5.32 Å². The van der Waals surface area contributed by atoms with Gasteiger partial charge in [0.1, 0.15) is 10.8 Å². The molecule has 2 rings (SSSR count). The van der Waals surface area contributed by atoms with E-state index in [1.54, 1.807) is 0 Å². The molecular weight excluding hydrogens is 260 g/mol. The Morgan fingerprint density at radius 2 is 2.32 bits per heavy atom. The molecule has 0 saturated heterocycles. The highest BCUT2D eigenvalue weighted by Crippen LogP contribution is 2.41. The lowest BCUT2D eigenvalue weighted by atomic mass is 9.68. The van der Waals surface area contributed by atoms with E-state index in [-0.39, 0.29) is 22.2 Å². The molecule has 0 aromatic carbocycles. The number of rotatable bonds is 3. The zero-order chi connectivity index (χ0) is 14.0. The van der Waals surface area contributed by atoms with Crippen LogP contribution in [0.4, 0.5) is 5.82 Å². The van der Waals surface area contributed by atoms with Crippen molar-refractivity contribution < 1.29 is 4.79 Å². The lowest BCUT2D eigenvalue weighted by Gasteiger charge is -2.37. The molecule has 5 nitrogen and oxygen atoms in total. The van der Waals surface area contributed by atoms with Gasteiger partial charge >= 0.3 is 0 Å². The summed E-state index contributed by atoms with van der Waals surface area (Å²) < 4.78 is 0. The summed E-state index contributed by atoms with van der Waals surface area (Å²) >= 11 is 4.92. The number of H-pyrrole nitrogens is 1. The standard InChI is InChI=1S/C13H20N4OS/c1-13(2)6-4-3-5-9(13)12(18)16-11-8(10(14)19)7-15-17-11/h7,9H,3-6H2,1-2H3,(H2,14,19)(H2,15,16,17,18). The normalized spacial score (nSPS) is 21.9. The molecule has 1 aliphatic rings. The lowest BCUT2D eigenvalue weighted by Crippen LogP contribution is -2.37. The van der Waals surface area contributed by atoms with Crippen molar-refractivity contribution in [3.63, 3.8) is 0 Å². The largest absolute Gasteiger partial charge is 0.389 e. The molecule has 0 spiro atoms. The summed E-state index contributed by atoms with van der Waals surface area (Å²) in [6.45, 7) is 4.30. The van der Waals surface area contributed by atoms with Gasteiger partial charge in [-0.25, -0.2) is 0 Å². The molecule has 1 atom stereocenters. The number of nitrogens with one attached hydrogen (secondary N) is 2. The predicted molar refractivity (Wildman–Crippen MR) is 78.8 cm³/mol. The van der Waals surface area contributed by atoms with Crippen molar-refractivity contribution in [1.82, 2.24) is 10.2 Å². The minimum absolute atomic E-state index is 0.0174. The second-order valence-corrected chi connectivity index (χ2v) is 6.24. The number of hydrogen-bond acceptors (Lipinski definition) is 3. The first-order chi connectivity index (χ1) is 8.92. The maximum atomic E-state index is 12.4. The average Bonchev–Trinajstić information content (AvgIpc) is 2.76. The SMILES string of the molecule is CC1(C)CCCCC1C(=O)Nc1[nH]ncc1C(N)=S. The van der Waals surface area contributed by atoms with Crippen molar-refractivity contribution in [1.29, 1.82) is 0 Å². The molecule has 19 heavy (non-hydrogen) atoms. The minimum Gasteiger partial charge on any atom is -0.389 e. The first-order valence-corrected chi connectivity index (χ1v) is 6.96. The third-order valence-electron chi connectivity index (χ3n) is 3.98. The number of nitrogens with zero attached hydrogens (tertiary/aromatic N) is 1. The first-order valence-electron chi connectivity index (χ1n) is 6.56. The molecule has 1 saturated carbocycles. The highest BCUT2D eigenvalue weighted by molar-refractivity contribution is 7.80. The van der Waals surface area contributed by atoms with Gasteiger partial charge in [-0.15, -0.1) is 0 Å². The van der Waals surface area contributed by atoms with Crippen molar-refractivity contribution in [2.45, 2.75) is 39.5 Å². The maximum absolute atomic E-state index is 12.4. The summed E-state index contributed by atoms with van der Waals surface area (Å²) in [5, 5.41) is 9.48. The third kappa shape index (κ3) is 2.94. The average molecular weight is 280 g/mol. The number of thiocarbonyl (C=S) groups is 1. The third-order valence-corrected chi connectivity index (χ3v) is 4.20. The number of carbonyl (C=O) groups is 1. The van der Waals surface area contributed by atoms with Gasteiger partial charge in [0.15, 0.2) is 0 Å².